The summed E-state index contributed by atoms with van der Waals surface area (Å²) < 4.78 is 0. The monoisotopic (exact) mass is 315 g/mol. The SMILES string of the molecule is CC(CNC(=O)C1(Cc2ccccc2)CC2CCC1C2)C(=O)O. The standard InChI is InChI=1S/C19H25NO3/c1-13(17(21)22)12-20-18(23)19(10-14-5-3-2-4-6-14)11-15-7-8-16(19)9-15/h2-6,13,15-16H,7-12H2,1H3,(H,20,23)(H,21,22). The van der Waals surface area contributed by atoms with Crippen LogP contribution in [0, 0.1) is 23.2 Å². The number of rotatable bonds is 6. The first-order valence-corrected chi connectivity index (χ1v) is 8.56. The second-order valence-corrected chi connectivity index (χ2v) is 7.35. The maximum atomic E-state index is 13.0. The van der Waals surface area contributed by atoms with Gasteiger partial charge in [0.1, 0.15) is 0 Å². The van der Waals surface area contributed by atoms with Crippen LogP contribution in [0.1, 0.15) is 38.2 Å². The Balaban J connectivity index is 1.76. The van der Waals surface area contributed by atoms with E-state index in [0.29, 0.717) is 11.8 Å². The predicted molar refractivity (Wildman–Crippen MR) is 87.8 cm³/mol. The van der Waals surface area contributed by atoms with E-state index < -0.39 is 11.9 Å². The van der Waals surface area contributed by atoms with Gasteiger partial charge in [-0.3, -0.25) is 9.59 Å². The summed E-state index contributed by atoms with van der Waals surface area (Å²) >= 11 is 0. The smallest absolute Gasteiger partial charge is 0.308 e. The van der Waals surface area contributed by atoms with Crippen molar-refractivity contribution in [1.29, 1.82) is 0 Å². The summed E-state index contributed by atoms with van der Waals surface area (Å²) in [7, 11) is 0. The van der Waals surface area contributed by atoms with Crippen molar-refractivity contribution in [2.75, 3.05) is 6.54 Å². The summed E-state index contributed by atoms with van der Waals surface area (Å²) in [6, 6.07) is 10.2. The van der Waals surface area contributed by atoms with Gasteiger partial charge in [0.2, 0.25) is 5.91 Å². The topological polar surface area (TPSA) is 66.4 Å². The van der Waals surface area contributed by atoms with E-state index in [1.54, 1.807) is 6.92 Å². The highest BCUT2D eigenvalue weighted by atomic mass is 16.4. The van der Waals surface area contributed by atoms with Gasteiger partial charge in [0.15, 0.2) is 0 Å². The van der Waals surface area contributed by atoms with Crippen molar-refractivity contribution in [2.45, 2.75) is 39.0 Å². The van der Waals surface area contributed by atoms with Crippen LogP contribution in [0.5, 0.6) is 0 Å². The molecule has 0 radical (unpaired) electrons. The van der Waals surface area contributed by atoms with Gasteiger partial charge in [-0.05, 0) is 43.1 Å². The summed E-state index contributed by atoms with van der Waals surface area (Å²) in [5.41, 5.74) is 0.851. The molecule has 2 aliphatic carbocycles. The highest BCUT2D eigenvalue weighted by molar-refractivity contribution is 5.84. The van der Waals surface area contributed by atoms with Gasteiger partial charge >= 0.3 is 5.97 Å². The van der Waals surface area contributed by atoms with E-state index in [9.17, 15) is 9.59 Å². The molecule has 0 heterocycles. The normalized spacial score (nSPS) is 30.1. The molecule has 2 N–H and O–H groups in total. The molecule has 4 nitrogen and oxygen atoms in total. The molecule has 3 rings (SSSR count). The van der Waals surface area contributed by atoms with Crippen molar-refractivity contribution in [2.24, 2.45) is 23.2 Å². The molecule has 2 saturated carbocycles. The number of carbonyl (C=O) groups is 2. The van der Waals surface area contributed by atoms with E-state index in [2.05, 4.69) is 17.4 Å². The van der Waals surface area contributed by atoms with Crippen LogP contribution in [0.25, 0.3) is 0 Å². The largest absolute Gasteiger partial charge is 0.481 e. The molecule has 2 bridgehead atoms. The second-order valence-electron chi connectivity index (χ2n) is 7.35. The third-order valence-electron chi connectivity index (χ3n) is 5.78. The van der Waals surface area contributed by atoms with E-state index in [4.69, 9.17) is 5.11 Å². The van der Waals surface area contributed by atoms with Gasteiger partial charge in [-0.15, -0.1) is 0 Å². The Kier molecular flexibility index (Phi) is 4.42. The van der Waals surface area contributed by atoms with Gasteiger partial charge < -0.3 is 10.4 Å². The van der Waals surface area contributed by atoms with E-state index in [1.165, 1.54) is 12.0 Å². The third kappa shape index (κ3) is 3.12. The van der Waals surface area contributed by atoms with E-state index in [0.717, 1.165) is 25.7 Å². The quantitative estimate of drug-likeness (QED) is 0.848. The minimum Gasteiger partial charge on any atom is -0.481 e. The highest BCUT2D eigenvalue weighted by Gasteiger charge is 2.55. The molecular weight excluding hydrogens is 290 g/mol. The summed E-state index contributed by atoms with van der Waals surface area (Å²) in [5.74, 6) is -0.262. The number of carbonyl (C=O) groups excluding carboxylic acids is 1. The van der Waals surface area contributed by atoms with E-state index in [-0.39, 0.29) is 17.9 Å². The first-order valence-electron chi connectivity index (χ1n) is 8.56. The minimum absolute atomic E-state index is 0.0571. The van der Waals surface area contributed by atoms with E-state index in [1.807, 2.05) is 18.2 Å². The molecule has 0 aromatic heterocycles. The molecule has 0 saturated heterocycles. The average Bonchev–Trinajstić information content (AvgIpc) is 3.14. The molecule has 4 heteroatoms. The molecule has 1 aromatic carbocycles. The second kappa shape index (κ2) is 6.34. The average molecular weight is 315 g/mol. The number of nitrogens with one attached hydrogen (secondary N) is 1. The molecule has 2 fully saturated rings. The summed E-state index contributed by atoms with van der Waals surface area (Å²) in [5, 5.41) is 11.9. The zero-order valence-corrected chi connectivity index (χ0v) is 13.6. The van der Waals surface area contributed by atoms with Gasteiger partial charge in [0.25, 0.3) is 0 Å². The fourth-order valence-electron chi connectivity index (χ4n) is 4.49. The van der Waals surface area contributed by atoms with Crippen LogP contribution in [0.15, 0.2) is 30.3 Å². The summed E-state index contributed by atoms with van der Waals surface area (Å²) in [6.45, 7) is 1.84. The summed E-state index contributed by atoms with van der Waals surface area (Å²) in [4.78, 5) is 24.0. The van der Waals surface area contributed by atoms with Crippen LogP contribution in [0.4, 0.5) is 0 Å². The molecule has 124 valence electrons. The van der Waals surface area contributed by atoms with Gasteiger partial charge in [-0.1, -0.05) is 43.7 Å². The number of amides is 1. The molecule has 2 aliphatic rings. The van der Waals surface area contributed by atoms with Crippen LogP contribution >= 0.6 is 0 Å². The Labute approximate surface area is 137 Å². The Hall–Kier alpha value is -1.84. The fourth-order valence-corrected chi connectivity index (χ4v) is 4.49. The molecule has 0 aliphatic heterocycles. The lowest BCUT2D eigenvalue weighted by atomic mass is 9.68. The number of benzene rings is 1. The van der Waals surface area contributed by atoms with Crippen LogP contribution in [0.2, 0.25) is 0 Å². The maximum Gasteiger partial charge on any atom is 0.308 e. The van der Waals surface area contributed by atoms with Crippen molar-refractivity contribution in [1.82, 2.24) is 5.32 Å². The van der Waals surface area contributed by atoms with Crippen molar-refractivity contribution >= 4 is 11.9 Å². The third-order valence-corrected chi connectivity index (χ3v) is 5.78. The Morgan fingerprint density at radius 2 is 2.04 bits per heavy atom. The molecule has 1 amide bonds. The zero-order valence-electron chi connectivity index (χ0n) is 13.6. The number of aliphatic carboxylic acids is 1. The molecular formula is C19H25NO3. The van der Waals surface area contributed by atoms with Crippen LogP contribution in [0.3, 0.4) is 0 Å². The number of carboxylic acids is 1. The minimum atomic E-state index is -0.865. The van der Waals surface area contributed by atoms with Crippen LogP contribution in [-0.4, -0.2) is 23.5 Å². The highest BCUT2D eigenvalue weighted by Crippen LogP contribution is 2.57. The first-order chi connectivity index (χ1) is 11.0. The van der Waals surface area contributed by atoms with Crippen molar-refractivity contribution in [3.63, 3.8) is 0 Å². The van der Waals surface area contributed by atoms with Crippen LogP contribution < -0.4 is 5.32 Å². The van der Waals surface area contributed by atoms with Gasteiger partial charge in [0, 0.05) is 6.54 Å². The fraction of sp³-hybridized carbons (Fsp3) is 0.579. The lowest BCUT2D eigenvalue weighted by Crippen LogP contribution is -2.47. The number of carboxylic acid groups (broad SMARTS) is 1. The first kappa shape index (κ1) is 16.0. The Morgan fingerprint density at radius 1 is 1.30 bits per heavy atom. The molecule has 0 spiro atoms. The molecule has 4 atom stereocenters. The van der Waals surface area contributed by atoms with Crippen molar-refractivity contribution in [3.05, 3.63) is 35.9 Å². The lowest BCUT2D eigenvalue weighted by Gasteiger charge is -2.36. The Morgan fingerprint density at radius 3 is 2.61 bits per heavy atom. The van der Waals surface area contributed by atoms with Crippen molar-refractivity contribution in [3.8, 4) is 0 Å². The molecule has 4 unspecified atom stereocenters. The predicted octanol–water partition coefficient (Wildman–Crippen LogP) is 2.87. The lowest BCUT2D eigenvalue weighted by molar-refractivity contribution is -0.141. The number of hydrogen-bond acceptors (Lipinski definition) is 2. The van der Waals surface area contributed by atoms with Gasteiger partial charge in [-0.25, -0.2) is 0 Å². The molecule has 23 heavy (non-hydrogen) atoms. The van der Waals surface area contributed by atoms with Crippen molar-refractivity contribution < 1.29 is 14.7 Å². The Bertz CT molecular complexity index is 586. The number of fused-ring (bicyclic) bond motifs is 2. The van der Waals surface area contributed by atoms with Gasteiger partial charge in [0.05, 0.1) is 11.3 Å². The van der Waals surface area contributed by atoms with Crippen LogP contribution in [-0.2, 0) is 16.0 Å². The summed E-state index contributed by atoms with van der Waals surface area (Å²) in [6.07, 6.45) is 5.22. The molecule has 1 aromatic rings. The maximum absolute atomic E-state index is 13.0. The van der Waals surface area contributed by atoms with E-state index >= 15 is 0 Å². The van der Waals surface area contributed by atoms with Gasteiger partial charge in [-0.2, -0.15) is 0 Å². The number of hydrogen-bond donors (Lipinski definition) is 2. The zero-order chi connectivity index (χ0) is 16.4.